The maximum absolute atomic E-state index is 11.9. The molecule has 0 radical (unpaired) electrons. The Balaban J connectivity index is 1.68. The highest BCUT2D eigenvalue weighted by atomic mass is 16.6. The predicted molar refractivity (Wildman–Crippen MR) is 93.5 cm³/mol. The van der Waals surface area contributed by atoms with Crippen LogP contribution in [-0.2, 0) is 14.2 Å². The molecule has 5 heteroatoms. The average molecular weight is 342 g/mol. The Morgan fingerprint density at radius 3 is 1.84 bits per heavy atom. The molecule has 0 spiro atoms. The highest BCUT2D eigenvalue weighted by molar-refractivity contribution is 5.89. The van der Waals surface area contributed by atoms with Gasteiger partial charge in [0, 0.05) is 0 Å². The van der Waals surface area contributed by atoms with Gasteiger partial charge in [0.1, 0.15) is 12.7 Å². The van der Waals surface area contributed by atoms with Gasteiger partial charge in [-0.3, -0.25) is 0 Å². The number of benzene rings is 2. The number of hydrogen-bond acceptors (Lipinski definition) is 5. The van der Waals surface area contributed by atoms with Gasteiger partial charge in [-0.1, -0.05) is 36.4 Å². The Morgan fingerprint density at radius 1 is 0.760 bits per heavy atom. The summed E-state index contributed by atoms with van der Waals surface area (Å²) < 4.78 is 16.1. The minimum atomic E-state index is -0.403. The summed E-state index contributed by atoms with van der Waals surface area (Å²) in [4.78, 5) is 23.8. The summed E-state index contributed by atoms with van der Waals surface area (Å²) in [5, 5.41) is 0. The quantitative estimate of drug-likeness (QED) is 0.687. The van der Waals surface area contributed by atoms with Crippen molar-refractivity contribution in [3.8, 4) is 0 Å². The molecule has 0 saturated carbocycles. The Kier molecular flexibility index (Phi) is 7.16. The van der Waals surface area contributed by atoms with E-state index in [1.165, 1.54) is 0 Å². The van der Waals surface area contributed by atoms with Gasteiger partial charge in [-0.15, -0.1) is 0 Å². The summed E-state index contributed by atoms with van der Waals surface area (Å²) in [5.74, 6) is -0.778. The lowest BCUT2D eigenvalue weighted by Gasteiger charge is -2.17. The molecule has 0 fully saturated rings. The second-order valence-corrected chi connectivity index (χ2v) is 5.69. The summed E-state index contributed by atoms with van der Waals surface area (Å²) in [6, 6.07) is 17.6. The van der Waals surface area contributed by atoms with Gasteiger partial charge in [-0.2, -0.15) is 0 Å². The first-order valence-electron chi connectivity index (χ1n) is 8.16. The molecule has 0 aromatic heterocycles. The van der Waals surface area contributed by atoms with Crippen molar-refractivity contribution in [2.75, 3.05) is 13.2 Å². The van der Waals surface area contributed by atoms with E-state index < -0.39 is 6.10 Å². The molecule has 2 aromatic rings. The van der Waals surface area contributed by atoms with E-state index in [0.717, 1.165) is 0 Å². The van der Waals surface area contributed by atoms with Gasteiger partial charge in [0.15, 0.2) is 0 Å². The number of ether oxygens (including phenoxy) is 3. The van der Waals surface area contributed by atoms with Crippen LogP contribution in [0.1, 0.15) is 34.6 Å². The normalized spacial score (nSPS) is 12.9. The molecule has 1 unspecified atom stereocenters. The van der Waals surface area contributed by atoms with Gasteiger partial charge in [-0.05, 0) is 38.1 Å². The van der Waals surface area contributed by atoms with E-state index in [-0.39, 0.29) is 31.3 Å². The first kappa shape index (κ1) is 18.7. The Morgan fingerprint density at radius 2 is 1.28 bits per heavy atom. The van der Waals surface area contributed by atoms with Gasteiger partial charge in [0.2, 0.25) is 0 Å². The molecule has 0 amide bonds. The van der Waals surface area contributed by atoms with Crippen LogP contribution in [0.4, 0.5) is 0 Å². The van der Waals surface area contributed by atoms with Gasteiger partial charge < -0.3 is 14.2 Å². The molecule has 0 heterocycles. The SMILES string of the molecule is CC(COC(=O)c1ccccc1)OC[C@@H](C)OC(=O)c1ccccc1. The third-order valence-corrected chi connectivity index (χ3v) is 3.39. The zero-order valence-corrected chi connectivity index (χ0v) is 14.4. The predicted octanol–water partition coefficient (Wildman–Crippen LogP) is 3.49. The summed E-state index contributed by atoms with van der Waals surface area (Å²) >= 11 is 0. The van der Waals surface area contributed by atoms with Gasteiger partial charge in [-0.25, -0.2) is 9.59 Å². The fourth-order valence-electron chi connectivity index (χ4n) is 2.06. The number of hydrogen-bond donors (Lipinski definition) is 0. The summed E-state index contributed by atoms with van der Waals surface area (Å²) in [6.45, 7) is 3.91. The van der Waals surface area contributed by atoms with E-state index in [9.17, 15) is 9.59 Å². The fraction of sp³-hybridized carbons (Fsp3) is 0.300. The number of rotatable bonds is 8. The Bertz CT molecular complexity index is 669. The number of esters is 2. The van der Waals surface area contributed by atoms with Crippen molar-refractivity contribution in [1.29, 1.82) is 0 Å². The average Bonchev–Trinajstić information content (AvgIpc) is 2.65. The van der Waals surface area contributed by atoms with Crippen molar-refractivity contribution < 1.29 is 23.8 Å². The molecule has 2 aromatic carbocycles. The van der Waals surface area contributed by atoms with Crippen molar-refractivity contribution in [1.82, 2.24) is 0 Å². The zero-order chi connectivity index (χ0) is 18.1. The van der Waals surface area contributed by atoms with E-state index >= 15 is 0 Å². The lowest BCUT2D eigenvalue weighted by molar-refractivity contribution is -0.0379. The first-order valence-corrected chi connectivity index (χ1v) is 8.16. The third kappa shape index (κ3) is 6.39. The van der Waals surface area contributed by atoms with Crippen LogP contribution in [-0.4, -0.2) is 37.4 Å². The molecule has 0 aliphatic rings. The highest BCUT2D eigenvalue weighted by Gasteiger charge is 2.14. The largest absolute Gasteiger partial charge is 0.459 e. The van der Waals surface area contributed by atoms with E-state index in [0.29, 0.717) is 11.1 Å². The van der Waals surface area contributed by atoms with Crippen LogP contribution < -0.4 is 0 Å². The minimum Gasteiger partial charge on any atom is -0.459 e. The van der Waals surface area contributed by atoms with Gasteiger partial charge >= 0.3 is 11.9 Å². The van der Waals surface area contributed by atoms with Gasteiger partial charge in [0.25, 0.3) is 0 Å². The van der Waals surface area contributed by atoms with Crippen LogP contribution in [0, 0.1) is 0 Å². The molecular formula is C20H22O5. The molecule has 132 valence electrons. The van der Waals surface area contributed by atoms with Crippen molar-refractivity contribution in [2.45, 2.75) is 26.1 Å². The van der Waals surface area contributed by atoms with Crippen LogP contribution >= 0.6 is 0 Å². The van der Waals surface area contributed by atoms with Crippen LogP contribution in [0.15, 0.2) is 60.7 Å². The molecule has 0 aliphatic carbocycles. The Labute approximate surface area is 147 Å². The molecule has 0 saturated heterocycles. The lowest BCUT2D eigenvalue weighted by atomic mass is 10.2. The Hall–Kier alpha value is -2.66. The van der Waals surface area contributed by atoms with Gasteiger partial charge in [0.05, 0.1) is 23.8 Å². The van der Waals surface area contributed by atoms with Crippen molar-refractivity contribution in [2.24, 2.45) is 0 Å². The molecule has 2 atom stereocenters. The number of carbonyl (C=O) groups excluding carboxylic acids is 2. The van der Waals surface area contributed by atoms with Crippen LogP contribution in [0.5, 0.6) is 0 Å². The zero-order valence-electron chi connectivity index (χ0n) is 14.4. The summed E-state index contributed by atoms with van der Waals surface area (Å²) in [7, 11) is 0. The van der Waals surface area contributed by atoms with Crippen molar-refractivity contribution in [3.05, 3.63) is 71.8 Å². The molecule has 0 N–H and O–H groups in total. The van der Waals surface area contributed by atoms with E-state index in [1.54, 1.807) is 62.4 Å². The lowest BCUT2D eigenvalue weighted by Crippen LogP contribution is -2.26. The first-order chi connectivity index (χ1) is 12.1. The monoisotopic (exact) mass is 342 g/mol. The van der Waals surface area contributed by atoms with E-state index in [4.69, 9.17) is 14.2 Å². The second-order valence-electron chi connectivity index (χ2n) is 5.69. The van der Waals surface area contributed by atoms with Crippen LogP contribution in [0.2, 0.25) is 0 Å². The molecule has 0 bridgehead atoms. The summed E-state index contributed by atoms with van der Waals surface area (Å²) in [5.41, 5.74) is 0.999. The maximum Gasteiger partial charge on any atom is 0.338 e. The molecule has 0 aliphatic heterocycles. The van der Waals surface area contributed by atoms with Crippen molar-refractivity contribution in [3.63, 3.8) is 0 Å². The van der Waals surface area contributed by atoms with E-state index in [1.807, 2.05) is 12.1 Å². The highest BCUT2D eigenvalue weighted by Crippen LogP contribution is 2.06. The molecule has 5 nitrogen and oxygen atoms in total. The standard InChI is InChI=1S/C20H22O5/c1-15(13-24-19(21)17-9-5-3-6-10-17)23-14-16(2)25-20(22)18-11-7-4-8-12-18/h3-12,15-16H,13-14H2,1-2H3/t15?,16-/m1/s1. The number of carbonyl (C=O) groups is 2. The molecule has 2 rings (SSSR count). The smallest absolute Gasteiger partial charge is 0.338 e. The maximum atomic E-state index is 11.9. The fourth-order valence-corrected chi connectivity index (χ4v) is 2.06. The van der Waals surface area contributed by atoms with Crippen molar-refractivity contribution >= 4 is 11.9 Å². The summed E-state index contributed by atoms with van der Waals surface area (Å²) in [6.07, 6.45) is -0.703. The van der Waals surface area contributed by atoms with Crippen LogP contribution in [0.25, 0.3) is 0 Å². The topological polar surface area (TPSA) is 61.8 Å². The minimum absolute atomic E-state index is 0.132. The van der Waals surface area contributed by atoms with Crippen LogP contribution in [0.3, 0.4) is 0 Å². The van der Waals surface area contributed by atoms with E-state index in [2.05, 4.69) is 0 Å². The molecule has 25 heavy (non-hydrogen) atoms. The second kappa shape index (κ2) is 9.59. The molecular weight excluding hydrogens is 320 g/mol. The third-order valence-electron chi connectivity index (χ3n) is 3.39.